The predicted octanol–water partition coefficient (Wildman–Crippen LogP) is 4.27. The first kappa shape index (κ1) is 15.9. The van der Waals surface area contributed by atoms with E-state index >= 15 is 0 Å². The summed E-state index contributed by atoms with van der Waals surface area (Å²) in [6, 6.07) is 13.4. The van der Waals surface area contributed by atoms with Crippen LogP contribution in [0.3, 0.4) is 0 Å². The summed E-state index contributed by atoms with van der Waals surface area (Å²) in [5.74, 6) is 0.218. The van der Waals surface area contributed by atoms with Gasteiger partial charge in [0.2, 0.25) is 5.91 Å². The first-order valence-corrected chi connectivity index (χ1v) is 8.51. The van der Waals surface area contributed by atoms with Gasteiger partial charge < -0.3 is 9.88 Å². The Morgan fingerprint density at radius 1 is 1.30 bits per heavy atom. The minimum Gasteiger partial charge on any atom is -0.325 e. The second-order valence-corrected chi connectivity index (χ2v) is 6.62. The first-order chi connectivity index (χ1) is 11.0. The molecule has 4 nitrogen and oxygen atoms in total. The average Bonchev–Trinajstić information content (AvgIpc) is 2.86. The van der Waals surface area contributed by atoms with Crippen LogP contribution in [0.5, 0.6) is 0 Å². The first-order valence-electron chi connectivity index (χ1n) is 7.15. The van der Waals surface area contributed by atoms with Crippen LogP contribution in [0.4, 0.5) is 5.69 Å². The third-order valence-electron chi connectivity index (χ3n) is 3.55. The van der Waals surface area contributed by atoms with E-state index < -0.39 is 0 Å². The lowest BCUT2D eigenvalue weighted by molar-refractivity contribution is -0.113. The average molecular weight is 346 g/mol. The zero-order chi connectivity index (χ0) is 16.4. The molecule has 0 fully saturated rings. The molecule has 23 heavy (non-hydrogen) atoms. The second-order valence-electron chi connectivity index (χ2n) is 5.24. The van der Waals surface area contributed by atoms with Gasteiger partial charge in [0.15, 0.2) is 5.16 Å². The molecule has 3 rings (SSSR count). The number of benzene rings is 2. The standard InChI is InChI=1S/C17H16ClN3OS/c1-11-7-8-12(18)9-14(11)19-16(22)10-23-17-20-13-5-3-4-6-15(13)21(17)2/h3-9H,10H2,1-2H3,(H,19,22). The van der Waals surface area contributed by atoms with Crippen molar-refractivity contribution in [1.29, 1.82) is 0 Å². The van der Waals surface area contributed by atoms with Gasteiger partial charge in [0, 0.05) is 17.8 Å². The van der Waals surface area contributed by atoms with Gasteiger partial charge in [-0.1, -0.05) is 41.6 Å². The third-order valence-corrected chi connectivity index (χ3v) is 4.82. The zero-order valence-electron chi connectivity index (χ0n) is 12.8. The molecule has 1 heterocycles. The van der Waals surface area contributed by atoms with Crippen molar-refractivity contribution in [3.05, 3.63) is 53.1 Å². The Hall–Kier alpha value is -1.98. The fraction of sp³-hybridized carbons (Fsp3) is 0.176. The number of nitrogens with zero attached hydrogens (tertiary/aromatic N) is 2. The van der Waals surface area contributed by atoms with Crippen LogP contribution >= 0.6 is 23.4 Å². The van der Waals surface area contributed by atoms with Gasteiger partial charge in [-0.2, -0.15) is 0 Å². The number of thioether (sulfide) groups is 1. The number of rotatable bonds is 4. The van der Waals surface area contributed by atoms with E-state index in [1.807, 2.05) is 48.9 Å². The number of halogens is 1. The van der Waals surface area contributed by atoms with Crippen LogP contribution in [0.25, 0.3) is 11.0 Å². The summed E-state index contributed by atoms with van der Waals surface area (Å²) in [6.07, 6.45) is 0. The minimum atomic E-state index is -0.0765. The van der Waals surface area contributed by atoms with E-state index in [4.69, 9.17) is 11.6 Å². The number of hydrogen-bond donors (Lipinski definition) is 1. The molecule has 6 heteroatoms. The molecule has 2 aromatic carbocycles. The van der Waals surface area contributed by atoms with Crippen LogP contribution in [0.15, 0.2) is 47.6 Å². The summed E-state index contributed by atoms with van der Waals surface area (Å²) in [6.45, 7) is 1.94. The molecule has 0 radical (unpaired) electrons. The highest BCUT2D eigenvalue weighted by atomic mass is 35.5. The largest absolute Gasteiger partial charge is 0.325 e. The molecule has 0 aliphatic carbocycles. The van der Waals surface area contributed by atoms with Gasteiger partial charge in [-0.25, -0.2) is 4.98 Å². The molecular formula is C17H16ClN3OS. The summed E-state index contributed by atoms with van der Waals surface area (Å²) >= 11 is 7.39. The molecule has 0 atom stereocenters. The summed E-state index contributed by atoms with van der Waals surface area (Å²) in [5, 5.41) is 4.32. The number of aryl methyl sites for hydroxylation is 2. The lowest BCUT2D eigenvalue weighted by Gasteiger charge is -2.08. The maximum atomic E-state index is 12.2. The SMILES string of the molecule is Cc1ccc(Cl)cc1NC(=O)CSc1nc2ccccc2n1C. The molecule has 0 spiro atoms. The van der Waals surface area contributed by atoms with Crippen molar-refractivity contribution in [2.24, 2.45) is 7.05 Å². The molecule has 1 aromatic heterocycles. The molecule has 0 bridgehead atoms. The molecule has 1 amide bonds. The van der Waals surface area contributed by atoms with E-state index in [0.29, 0.717) is 10.8 Å². The number of carbonyl (C=O) groups excluding carboxylic acids is 1. The Bertz CT molecular complexity index is 875. The number of nitrogens with one attached hydrogen (secondary N) is 1. The van der Waals surface area contributed by atoms with Crippen molar-refractivity contribution in [3.8, 4) is 0 Å². The van der Waals surface area contributed by atoms with Crippen molar-refractivity contribution in [1.82, 2.24) is 9.55 Å². The molecule has 1 N–H and O–H groups in total. The molecule has 118 valence electrons. The maximum absolute atomic E-state index is 12.2. The van der Waals surface area contributed by atoms with Gasteiger partial charge in [0.1, 0.15) is 0 Å². The quantitative estimate of drug-likeness (QED) is 0.718. The summed E-state index contributed by atoms with van der Waals surface area (Å²) < 4.78 is 2.00. The Morgan fingerprint density at radius 3 is 2.87 bits per heavy atom. The van der Waals surface area contributed by atoms with Gasteiger partial charge in [-0.3, -0.25) is 4.79 Å². The fourth-order valence-corrected chi connectivity index (χ4v) is 3.26. The fourth-order valence-electron chi connectivity index (χ4n) is 2.30. The molecule has 0 saturated carbocycles. The summed E-state index contributed by atoms with van der Waals surface area (Å²) in [4.78, 5) is 16.7. The maximum Gasteiger partial charge on any atom is 0.234 e. The lowest BCUT2D eigenvalue weighted by atomic mass is 10.2. The number of amides is 1. The number of anilines is 1. The molecular weight excluding hydrogens is 330 g/mol. The van der Waals surface area contributed by atoms with Crippen LogP contribution < -0.4 is 5.32 Å². The van der Waals surface area contributed by atoms with Gasteiger partial charge in [0.05, 0.1) is 16.8 Å². The smallest absolute Gasteiger partial charge is 0.234 e. The number of aromatic nitrogens is 2. The van der Waals surface area contributed by atoms with Crippen LogP contribution in [-0.2, 0) is 11.8 Å². The van der Waals surface area contributed by atoms with E-state index in [-0.39, 0.29) is 5.91 Å². The van der Waals surface area contributed by atoms with Gasteiger partial charge in [0.25, 0.3) is 0 Å². The molecule has 0 aliphatic rings. The Labute approximate surface area is 143 Å². The van der Waals surface area contributed by atoms with E-state index in [9.17, 15) is 4.79 Å². The lowest BCUT2D eigenvalue weighted by Crippen LogP contribution is -2.15. The highest BCUT2D eigenvalue weighted by Crippen LogP contribution is 2.24. The number of para-hydroxylation sites is 2. The molecule has 0 unspecified atom stereocenters. The topological polar surface area (TPSA) is 46.9 Å². The van der Waals surface area contributed by atoms with Crippen LogP contribution in [-0.4, -0.2) is 21.2 Å². The van der Waals surface area contributed by atoms with E-state index in [1.54, 1.807) is 12.1 Å². The number of fused-ring (bicyclic) bond motifs is 1. The van der Waals surface area contributed by atoms with Crippen molar-refractivity contribution in [3.63, 3.8) is 0 Å². The van der Waals surface area contributed by atoms with Crippen LogP contribution in [0.2, 0.25) is 5.02 Å². The van der Waals surface area contributed by atoms with Crippen molar-refractivity contribution in [2.45, 2.75) is 12.1 Å². The normalized spacial score (nSPS) is 10.9. The van der Waals surface area contributed by atoms with Crippen LogP contribution in [0.1, 0.15) is 5.56 Å². The number of hydrogen-bond acceptors (Lipinski definition) is 3. The van der Waals surface area contributed by atoms with Gasteiger partial charge in [-0.05, 0) is 36.8 Å². The van der Waals surface area contributed by atoms with Crippen molar-refractivity contribution < 1.29 is 4.79 Å². The Kier molecular flexibility index (Phi) is 4.59. The van der Waals surface area contributed by atoms with E-state index in [0.717, 1.165) is 27.4 Å². The predicted molar refractivity (Wildman–Crippen MR) is 96.3 cm³/mol. The van der Waals surface area contributed by atoms with Crippen LogP contribution in [0, 0.1) is 6.92 Å². The van der Waals surface area contributed by atoms with E-state index in [2.05, 4.69) is 10.3 Å². The molecule has 0 saturated heterocycles. The number of carbonyl (C=O) groups is 1. The van der Waals surface area contributed by atoms with Crippen molar-refractivity contribution in [2.75, 3.05) is 11.1 Å². The number of imidazole rings is 1. The Balaban J connectivity index is 1.68. The summed E-state index contributed by atoms with van der Waals surface area (Å²) in [5.41, 5.74) is 3.72. The Morgan fingerprint density at radius 2 is 2.09 bits per heavy atom. The minimum absolute atomic E-state index is 0.0765. The van der Waals surface area contributed by atoms with E-state index in [1.165, 1.54) is 11.8 Å². The zero-order valence-corrected chi connectivity index (χ0v) is 14.4. The van der Waals surface area contributed by atoms with Gasteiger partial charge in [-0.15, -0.1) is 0 Å². The summed E-state index contributed by atoms with van der Waals surface area (Å²) in [7, 11) is 1.96. The highest BCUT2D eigenvalue weighted by molar-refractivity contribution is 7.99. The third kappa shape index (κ3) is 3.51. The molecule has 0 aliphatic heterocycles. The molecule has 3 aromatic rings. The van der Waals surface area contributed by atoms with Crippen molar-refractivity contribution >= 4 is 46.0 Å². The highest BCUT2D eigenvalue weighted by Gasteiger charge is 2.11. The second kappa shape index (κ2) is 6.64. The van der Waals surface area contributed by atoms with Gasteiger partial charge >= 0.3 is 0 Å². The monoisotopic (exact) mass is 345 g/mol.